The van der Waals surface area contributed by atoms with Gasteiger partial charge < -0.3 is 14.8 Å². The number of carbonyl (C=O) groups excluding carboxylic acids is 2. The van der Waals surface area contributed by atoms with E-state index in [4.69, 9.17) is 9.47 Å². The lowest BCUT2D eigenvalue weighted by Gasteiger charge is -2.11. The van der Waals surface area contributed by atoms with Crippen LogP contribution in [0.3, 0.4) is 0 Å². The van der Waals surface area contributed by atoms with Gasteiger partial charge in [0.15, 0.2) is 0 Å². The molecule has 0 unspecified atom stereocenters. The van der Waals surface area contributed by atoms with Crippen LogP contribution < -0.4 is 10.1 Å². The fraction of sp³-hybridized carbons (Fsp3) is 0.300. The summed E-state index contributed by atoms with van der Waals surface area (Å²) in [4.78, 5) is 22.7. The number of alkyl halides is 3. The van der Waals surface area contributed by atoms with Gasteiger partial charge in [0.05, 0.1) is 23.5 Å². The lowest BCUT2D eigenvalue weighted by Crippen LogP contribution is -2.37. The zero-order valence-corrected chi connectivity index (χ0v) is 17.5. The van der Waals surface area contributed by atoms with Crippen molar-refractivity contribution in [3.05, 3.63) is 53.6 Å². The number of hydrogen-bond acceptors (Lipinski definition) is 6. The van der Waals surface area contributed by atoms with E-state index in [-0.39, 0.29) is 40.7 Å². The normalized spacial score (nSPS) is 11.6. The van der Waals surface area contributed by atoms with Crippen molar-refractivity contribution < 1.29 is 40.7 Å². The molecule has 0 aliphatic heterocycles. The average molecular weight is 459 g/mol. The van der Waals surface area contributed by atoms with Crippen molar-refractivity contribution in [1.82, 2.24) is 5.32 Å². The molecule has 0 aliphatic rings. The molecule has 31 heavy (non-hydrogen) atoms. The monoisotopic (exact) mass is 459 g/mol. The Kier molecular flexibility index (Phi) is 7.66. The summed E-state index contributed by atoms with van der Waals surface area (Å²) in [5.74, 6) is -2.61. The van der Waals surface area contributed by atoms with Crippen LogP contribution in [0.15, 0.2) is 52.3 Å². The van der Waals surface area contributed by atoms with Crippen LogP contribution in [0.25, 0.3) is 0 Å². The maximum atomic E-state index is 12.9. The lowest BCUT2D eigenvalue weighted by molar-refractivity contribution is -0.173. The minimum Gasteiger partial charge on any atom is -0.496 e. The minimum absolute atomic E-state index is 0.0394. The summed E-state index contributed by atoms with van der Waals surface area (Å²) in [6.07, 6.45) is -4.88. The molecule has 0 saturated heterocycles. The van der Waals surface area contributed by atoms with E-state index in [0.717, 1.165) is 6.07 Å². The first kappa shape index (κ1) is 24.2. The molecule has 0 aliphatic carbocycles. The minimum atomic E-state index is -4.96. The van der Waals surface area contributed by atoms with Gasteiger partial charge in [-0.1, -0.05) is 12.1 Å². The maximum Gasteiger partial charge on any atom is 0.471 e. The van der Waals surface area contributed by atoms with Gasteiger partial charge in [0, 0.05) is 6.54 Å². The van der Waals surface area contributed by atoms with Gasteiger partial charge in [0.25, 0.3) is 0 Å². The fourth-order valence-corrected chi connectivity index (χ4v) is 3.90. The van der Waals surface area contributed by atoms with Gasteiger partial charge in [-0.2, -0.15) is 13.2 Å². The standard InChI is InChI=1S/C20H20F3NO6S/c1-3-30-18(25)16-12-15(8-9-17(16)29-2)31(27,28)14-6-4-13(5-7-14)10-11-24-19(26)20(21,22)23/h4-9,12H,3,10-11H2,1-2H3,(H,24,26). The second-order valence-corrected chi connectivity index (χ2v) is 8.18. The number of sulfone groups is 1. The molecule has 0 aromatic heterocycles. The Labute approximate surface area is 177 Å². The number of methoxy groups -OCH3 is 1. The largest absolute Gasteiger partial charge is 0.496 e. The molecule has 0 radical (unpaired) electrons. The van der Waals surface area contributed by atoms with Crippen LogP contribution in [-0.2, 0) is 25.8 Å². The van der Waals surface area contributed by atoms with Crippen LogP contribution in [0.4, 0.5) is 13.2 Å². The van der Waals surface area contributed by atoms with Crippen molar-refractivity contribution in [1.29, 1.82) is 0 Å². The summed E-state index contributed by atoms with van der Waals surface area (Å²) in [5, 5.41) is 1.74. The quantitative estimate of drug-likeness (QED) is 0.610. The Hall–Kier alpha value is -3.08. The Bertz CT molecular complexity index is 1050. The van der Waals surface area contributed by atoms with E-state index in [0.29, 0.717) is 5.56 Å². The van der Waals surface area contributed by atoms with Crippen LogP contribution in [0.1, 0.15) is 22.8 Å². The Balaban J connectivity index is 2.20. The summed E-state index contributed by atoms with van der Waals surface area (Å²) in [5.41, 5.74) is 0.491. The molecule has 1 amide bonds. The maximum absolute atomic E-state index is 12.9. The Morgan fingerprint density at radius 2 is 1.65 bits per heavy atom. The average Bonchev–Trinajstić information content (AvgIpc) is 2.73. The molecule has 168 valence electrons. The molecular weight excluding hydrogens is 439 g/mol. The van der Waals surface area contributed by atoms with E-state index in [2.05, 4.69) is 0 Å². The van der Waals surface area contributed by atoms with Crippen molar-refractivity contribution in [2.75, 3.05) is 20.3 Å². The molecule has 2 rings (SSSR count). The van der Waals surface area contributed by atoms with Crippen molar-refractivity contribution in [3.63, 3.8) is 0 Å². The second kappa shape index (κ2) is 9.82. The lowest BCUT2D eigenvalue weighted by atomic mass is 10.1. The van der Waals surface area contributed by atoms with E-state index in [1.54, 1.807) is 12.2 Å². The van der Waals surface area contributed by atoms with Gasteiger partial charge >= 0.3 is 18.1 Å². The van der Waals surface area contributed by atoms with E-state index in [9.17, 15) is 31.2 Å². The molecule has 0 spiro atoms. The number of halogens is 3. The third-order valence-corrected chi connectivity index (χ3v) is 5.93. The van der Waals surface area contributed by atoms with Crippen molar-refractivity contribution >= 4 is 21.7 Å². The third-order valence-electron chi connectivity index (χ3n) is 4.17. The van der Waals surface area contributed by atoms with E-state index in [1.165, 1.54) is 43.5 Å². The summed E-state index contributed by atoms with van der Waals surface area (Å²) >= 11 is 0. The van der Waals surface area contributed by atoms with Gasteiger partial charge in [-0.15, -0.1) is 0 Å². The smallest absolute Gasteiger partial charge is 0.471 e. The summed E-state index contributed by atoms with van der Waals surface area (Å²) in [7, 11) is -2.65. The molecule has 0 bridgehead atoms. The van der Waals surface area contributed by atoms with Gasteiger partial charge in [0.1, 0.15) is 11.3 Å². The van der Waals surface area contributed by atoms with E-state index in [1.807, 2.05) is 0 Å². The predicted octanol–water partition coefficient (Wildman–Crippen LogP) is 2.93. The van der Waals surface area contributed by atoms with Crippen LogP contribution in [0.2, 0.25) is 0 Å². The first-order valence-electron chi connectivity index (χ1n) is 9.05. The molecule has 0 atom stereocenters. The van der Waals surface area contributed by atoms with Crippen molar-refractivity contribution in [3.8, 4) is 5.75 Å². The molecule has 2 aromatic rings. The predicted molar refractivity (Wildman–Crippen MR) is 104 cm³/mol. The van der Waals surface area contributed by atoms with Crippen molar-refractivity contribution in [2.24, 2.45) is 0 Å². The number of hydrogen-bond donors (Lipinski definition) is 1. The topological polar surface area (TPSA) is 98.8 Å². The first-order chi connectivity index (χ1) is 14.5. The SMILES string of the molecule is CCOC(=O)c1cc(S(=O)(=O)c2ccc(CCNC(=O)C(F)(F)F)cc2)ccc1OC. The summed E-state index contributed by atoms with van der Waals surface area (Å²) in [6, 6.07) is 9.25. The molecule has 0 saturated carbocycles. The number of amides is 1. The highest BCUT2D eigenvalue weighted by Crippen LogP contribution is 2.27. The van der Waals surface area contributed by atoms with Gasteiger partial charge in [-0.05, 0) is 49.2 Å². The van der Waals surface area contributed by atoms with Crippen LogP contribution in [0, 0.1) is 0 Å². The number of nitrogens with one attached hydrogen (secondary N) is 1. The van der Waals surface area contributed by atoms with Crippen LogP contribution in [-0.4, -0.2) is 46.7 Å². The highest BCUT2D eigenvalue weighted by Gasteiger charge is 2.38. The first-order valence-corrected chi connectivity index (χ1v) is 10.5. The van der Waals surface area contributed by atoms with Gasteiger partial charge in [0.2, 0.25) is 9.84 Å². The third kappa shape index (κ3) is 5.97. The summed E-state index contributed by atoms with van der Waals surface area (Å²) in [6.45, 7) is 1.46. The molecule has 0 fully saturated rings. The number of rotatable bonds is 8. The Morgan fingerprint density at radius 1 is 1.03 bits per heavy atom. The second-order valence-electron chi connectivity index (χ2n) is 6.23. The fourth-order valence-electron chi connectivity index (χ4n) is 2.61. The van der Waals surface area contributed by atoms with Crippen molar-refractivity contribution in [2.45, 2.75) is 29.3 Å². The van der Waals surface area contributed by atoms with Crippen LogP contribution in [0.5, 0.6) is 5.75 Å². The molecular formula is C20H20F3NO6S. The highest BCUT2D eigenvalue weighted by molar-refractivity contribution is 7.91. The zero-order valence-electron chi connectivity index (χ0n) is 16.7. The number of carbonyl (C=O) groups is 2. The molecule has 7 nitrogen and oxygen atoms in total. The van der Waals surface area contributed by atoms with Gasteiger partial charge in [-0.25, -0.2) is 13.2 Å². The highest BCUT2D eigenvalue weighted by atomic mass is 32.2. The number of benzene rings is 2. The van der Waals surface area contributed by atoms with Gasteiger partial charge in [-0.3, -0.25) is 4.79 Å². The number of ether oxygens (including phenoxy) is 2. The van der Waals surface area contributed by atoms with E-state index < -0.39 is 27.9 Å². The van der Waals surface area contributed by atoms with Crippen LogP contribution >= 0.6 is 0 Å². The molecule has 11 heteroatoms. The summed E-state index contributed by atoms with van der Waals surface area (Å²) < 4.78 is 72.4. The Morgan fingerprint density at radius 3 is 2.19 bits per heavy atom. The molecule has 0 heterocycles. The molecule has 2 aromatic carbocycles. The number of esters is 1. The van der Waals surface area contributed by atoms with E-state index >= 15 is 0 Å². The zero-order chi connectivity index (χ0) is 23.2. The molecule has 1 N–H and O–H groups in total.